The summed E-state index contributed by atoms with van der Waals surface area (Å²) in [5.74, 6) is 6.21. The second kappa shape index (κ2) is 38.1. The van der Waals surface area contributed by atoms with Crippen molar-refractivity contribution in [2.24, 2.45) is 34.6 Å². The van der Waals surface area contributed by atoms with E-state index < -0.39 is 221 Å². The number of aliphatic hydroxyl groups is 9. The SMILES string of the molecule is C#CC#CC.CNC1C(O[C@H]2OC(CO)[C@@H](NC(=O)CCN)[C@H](O)C2O)O[C@H]2C[C@H](N)[C@@H](O[C@@H]3C(N)C[C@@H](N)C[C@H]3O)OC2C1O.C[C@H]1C[C@@H]2OC(O[C@H]3OC(CO)[C@@H](N)[C@H](O)C3O)C3C(OC(=O)N3C)C2O[C@@H]1O[C@@H]1C(NC(=O)OCc2ccccc2)C[C@@H](NC(=O)OCc2ccccc2)C[C@H]1O. The lowest BCUT2D eigenvalue weighted by atomic mass is 9.85. The van der Waals surface area contributed by atoms with Gasteiger partial charge in [-0.05, 0) is 75.5 Å². The lowest BCUT2D eigenvalue weighted by molar-refractivity contribution is -0.374. The van der Waals surface area contributed by atoms with Gasteiger partial charge in [-0.3, -0.25) is 9.69 Å². The molecule has 2 aromatic carbocycles. The fourth-order valence-corrected chi connectivity index (χ4v) is 14.3. The Morgan fingerprint density at radius 2 is 1.18 bits per heavy atom. The number of nitrogens with one attached hydrogen (secondary N) is 4. The average molecular weight is 1480 g/mol. The van der Waals surface area contributed by atoms with Crippen molar-refractivity contribution in [1.29, 1.82) is 0 Å². The van der Waals surface area contributed by atoms with Crippen LogP contribution in [0, 0.1) is 30.1 Å². The van der Waals surface area contributed by atoms with Crippen molar-refractivity contribution in [2.75, 3.05) is 33.9 Å². The fraction of sp³-hybridized carbons (Fsp3) is 0.706. The van der Waals surface area contributed by atoms with Crippen LogP contribution < -0.4 is 49.9 Å². The van der Waals surface area contributed by atoms with E-state index in [2.05, 4.69) is 39.0 Å². The number of hydrogen-bond donors (Lipinski definition) is 18. The van der Waals surface area contributed by atoms with Crippen molar-refractivity contribution in [1.82, 2.24) is 26.2 Å². The summed E-state index contributed by atoms with van der Waals surface area (Å²) in [5, 5.41) is 107. The molecule has 9 aliphatic rings. The molecule has 11 rings (SSSR count). The van der Waals surface area contributed by atoms with Gasteiger partial charge < -0.3 is 157 Å². The number of amides is 4. The minimum absolute atomic E-state index is 0.00476. The fourth-order valence-electron chi connectivity index (χ4n) is 14.3. The van der Waals surface area contributed by atoms with Crippen LogP contribution in [0.1, 0.15) is 69.9 Å². The van der Waals surface area contributed by atoms with Crippen LogP contribution in [0.15, 0.2) is 60.7 Å². The van der Waals surface area contributed by atoms with Crippen molar-refractivity contribution in [3.63, 3.8) is 0 Å². The molecule has 9 fully saturated rings. The molecule has 4 amide bonds. The monoisotopic (exact) mass is 1470 g/mol. The van der Waals surface area contributed by atoms with Gasteiger partial charge in [-0.25, -0.2) is 14.4 Å². The highest BCUT2D eigenvalue weighted by Gasteiger charge is 2.61. The summed E-state index contributed by atoms with van der Waals surface area (Å²) < 4.78 is 77.4. The van der Waals surface area contributed by atoms with Crippen molar-refractivity contribution in [3.8, 4) is 24.2 Å². The number of carbonyl (C=O) groups excluding carboxylic acids is 4. The Kier molecular flexibility index (Phi) is 30.0. The number of likely N-dealkylation sites (N-methyl/N-ethyl adjacent to an activating group) is 2. The first kappa shape index (κ1) is 81.9. The van der Waals surface area contributed by atoms with E-state index in [1.54, 1.807) is 14.0 Å². The van der Waals surface area contributed by atoms with Gasteiger partial charge in [-0.1, -0.05) is 73.5 Å². The van der Waals surface area contributed by atoms with E-state index in [0.29, 0.717) is 19.3 Å². The van der Waals surface area contributed by atoms with Gasteiger partial charge in [0.2, 0.25) is 5.91 Å². The number of nitrogens with two attached hydrogens (primary N) is 5. The first-order valence-corrected chi connectivity index (χ1v) is 34.8. The predicted octanol–water partition coefficient (Wildman–Crippen LogP) is -5.58. The van der Waals surface area contributed by atoms with Gasteiger partial charge in [-0.15, -0.1) is 6.42 Å². The molecule has 14 unspecified atom stereocenters. The van der Waals surface area contributed by atoms with E-state index >= 15 is 0 Å². The second-order valence-corrected chi connectivity index (χ2v) is 27.2. The van der Waals surface area contributed by atoms with E-state index in [0.717, 1.165) is 11.1 Å². The summed E-state index contributed by atoms with van der Waals surface area (Å²) in [6.07, 6.45) is -21.0. The Labute approximate surface area is 601 Å². The van der Waals surface area contributed by atoms with Crippen LogP contribution in [-0.2, 0) is 79.6 Å². The Bertz CT molecular complexity index is 3150. The van der Waals surface area contributed by atoms with E-state index in [1.807, 2.05) is 67.6 Å². The second-order valence-electron chi connectivity index (χ2n) is 27.2. The molecule has 0 radical (unpaired) electrons. The molecule has 36 heteroatoms. The maximum Gasteiger partial charge on any atom is 0.410 e. The summed E-state index contributed by atoms with van der Waals surface area (Å²) in [6.45, 7) is 2.53. The van der Waals surface area contributed by atoms with Gasteiger partial charge in [0, 0.05) is 44.1 Å². The van der Waals surface area contributed by atoms with Crippen molar-refractivity contribution < 1.29 is 127 Å². The summed E-state index contributed by atoms with van der Waals surface area (Å²) in [4.78, 5) is 52.2. The summed E-state index contributed by atoms with van der Waals surface area (Å²) in [7, 11) is 3.04. The Morgan fingerprint density at radius 3 is 1.78 bits per heavy atom. The molecule has 580 valence electrons. The topological polar surface area (TPSA) is 552 Å². The molecule has 2 aromatic rings. The molecule has 7 aliphatic heterocycles. The zero-order chi connectivity index (χ0) is 75.2. The third-order valence-electron chi connectivity index (χ3n) is 19.8. The van der Waals surface area contributed by atoms with E-state index in [9.17, 15) is 65.1 Å². The summed E-state index contributed by atoms with van der Waals surface area (Å²) in [6, 6.07) is 11.3. The first-order chi connectivity index (χ1) is 49.8. The van der Waals surface area contributed by atoms with Crippen LogP contribution in [-0.4, -0.2) is 299 Å². The number of ether oxygens (including phenoxy) is 13. The maximum atomic E-state index is 13.2. The van der Waals surface area contributed by atoms with Gasteiger partial charge in [0.1, 0.15) is 86.4 Å². The highest BCUT2D eigenvalue weighted by molar-refractivity contribution is 5.76. The first-order valence-electron chi connectivity index (χ1n) is 34.8. The Balaban J connectivity index is 0.000000239. The number of carbonyl (C=O) groups is 4. The largest absolute Gasteiger partial charge is 0.445 e. The van der Waals surface area contributed by atoms with Crippen LogP contribution in [0.4, 0.5) is 14.4 Å². The van der Waals surface area contributed by atoms with Crippen LogP contribution in [0.2, 0.25) is 0 Å². The third kappa shape index (κ3) is 20.1. The highest BCUT2D eigenvalue weighted by Crippen LogP contribution is 2.43. The molecule has 7 saturated heterocycles. The summed E-state index contributed by atoms with van der Waals surface area (Å²) >= 11 is 0. The Morgan fingerprint density at radius 1 is 0.606 bits per heavy atom. The van der Waals surface area contributed by atoms with Gasteiger partial charge in [0.15, 0.2) is 43.8 Å². The van der Waals surface area contributed by atoms with Crippen LogP contribution in [0.3, 0.4) is 0 Å². The zero-order valence-electron chi connectivity index (χ0n) is 58.1. The molecule has 104 heavy (non-hydrogen) atoms. The van der Waals surface area contributed by atoms with E-state index in [4.69, 9.17) is 96.7 Å². The third-order valence-corrected chi connectivity index (χ3v) is 19.8. The predicted molar refractivity (Wildman–Crippen MR) is 359 cm³/mol. The number of aliphatic hydroxyl groups excluding tert-OH is 9. The van der Waals surface area contributed by atoms with Crippen molar-refractivity contribution in [3.05, 3.63) is 71.8 Å². The average Bonchev–Trinajstić information content (AvgIpc) is 1.46. The lowest BCUT2D eigenvalue weighted by Gasteiger charge is -2.51. The van der Waals surface area contributed by atoms with Gasteiger partial charge in [0.05, 0.1) is 67.8 Å². The minimum Gasteiger partial charge on any atom is -0.445 e. The zero-order valence-corrected chi connectivity index (χ0v) is 58.1. The van der Waals surface area contributed by atoms with Gasteiger partial charge in [-0.2, -0.15) is 0 Å². The molecular formula is C68H102N10O26. The molecule has 2 saturated carbocycles. The summed E-state index contributed by atoms with van der Waals surface area (Å²) in [5.41, 5.74) is 31.3. The number of alkyl carbamates (subject to hydrolysis) is 2. The standard InChI is InChI=1S/C39H52N4O15.C24H46N6O11.C5H4/c1-19-13-25-32(33-28(43(2)39(50)57-33)35(53-25)58-36-30(47)29(46)27(40)26(16-44)54-36)56-34(19)55-31-23(42-38(49)52-18-21-11-7-4-8-12-21)14-22(15-24(31)45)41-37(48)51-17-20-9-5-3-6-10-20;1-29-16-18(35)21-12(6-10(28)22(40-21)39-20-9(27)4-8(26)5-11(20)32)37-23(16)41-24-19(36)17(34)15(13(7-31)38-24)30-14(33)2-3-25;1-3-5-4-2/h3-12,19,22-36,44-47H,13-18,40H2,1-2H3,(H,41,48)(H,42,49);8-13,15-24,29,31-32,34-36H,2-7,25-28H2,1H3,(H,30,33);1H,2H3/t19-,22+,23?,24+,25-,26?,27+,28?,29-,30?,31+,32?,33?,34-,35?,36+;8-,9?,10+,11-,12+,13?,15-,16?,17+,18?,19?,20-,21?,22+,23?,24-;/m01./s1. The van der Waals surface area contributed by atoms with Gasteiger partial charge >= 0.3 is 18.3 Å². The molecule has 23 N–H and O–H groups in total. The molecule has 2 aliphatic carbocycles. The van der Waals surface area contributed by atoms with E-state index in [-0.39, 0.29) is 57.4 Å². The van der Waals surface area contributed by atoms with Crippen molar-refractivity contribution >= 4 is 24.2 Å². The molecule has 32 atom stereocenters. The lowest BCUT2D eigenvalue weighted by Crippen LogP contribution is -2.70. The molecule has 7 heterocycles. The molecule has 0 spiro atoms. The number of fused-ring (bicyclic) bond motifs is 4. The van der Waals surface area contributed by atoms with Crippen molar-refractivity contribution in [2.45, 2.75) is 262 Å². The van der Waals surface area contributed by atoms with Gasteiger partial charge in [0.25, 0.3) is 0 Å². The van der Waals surface area contributed by atoms with Crippen LogP contribution in [0.5, 0.6) is 0 Å². The molecule has 0 bridgehead atoms. The number of benzene rings is 2. The molecular weight excluding hydrogens is 1370 g/mol. The highest BCUT2D eigenvalue weighted by atomic mass is 16.8. The number of terminal acetylenes is 1. The number of hydrogen-bond acceptors (Lipinski definition) is 32. The smallest absolute Gasteiger partial charge is 0.410 e. The number of nitrogens with zero attached hydrogens (tertiary/aromatic N) is 1. The molecule has 0 aromatic heterocycles. The van der Waals surface area contributed by atoms with Crippen LogP contribution in [0.25, 0.3) is 0 Å². The maximum absolute atomic E-state index is 13.2. The number of rotatable bonds is 20. The quantitative estimate of drug-likeness (QED) is 0.0434. The van der Waals surface area contributed by atoms with Crippen LogP contribution >= 0.6 is 0 Å². The molecule has 36 nitrogen and oxygen atoms in total. The minimum atomic E-state index is -1.64. The Hall–Kier alpha value is -6.16. The normalized spacial score (nSPS) is 40.9. The van der Waals surface area contributed by atoms with E-state index in [1.165, 1.54) is 11.9 Å².